The number of rotatable bonds is 4. The van der Waals surface area contributed by atoms with Crippen LogP contribution in [0.3, 0.4) is 0 Å². The van der Waals surface area contributed by atoms with E-state index < -0.39 is 0 Å². The second-order valence-electron chi connectivity index (χ2n) is 2.70. The highest BCUT2D eigenvalue weighted by Gasteiger charge is 2.11. The number of halogens is 1. The Morgan fingerprint density at radius 3 is 2.57 bits per heavy atom. The topological polar surface area (TPSA) is 38.2 Å². The van der Waals surface area contributed by atoms with Gasteiger partial charge in [-0.25, -0.2) is 4.98 Å². The molecule has 0 amide bonds. The van der Waals surface area contributed by atoms with Crippen LogP contribution in [0.25, 0.3) is 0 Å². The standard InChI is InChI=1S/C9H14ClN3O/c1-4-13(5-2)8-7(14-3)6-11-9(10)12-8/h6H,4-5H2,1-3H3. The van der Waals surface area contributed by atoms with Gasteiger partial charge in [0.25, 0.3) is 0 Å². The Labute approximate surface area is 88.9 Å². The monoisotopic (exact) mass is 215 g/mol. The summed E-state index contributed by atoms with van der Waals surface area (Å²) in [6, 6.07) is 0. The zero-order valence-corrected chi connectivity index (χ0v) is 9.38. The first-order chi connectivity index (χ1) is 6.72. The zero-order valence-electron chi connectivity index (χ0n) is 8.62. The van der Waals surface area contributed by atoms with E-state index in [0.717, 1.165) is 18.9 Å². The molecular weight excluding hydrogens is 202 g/mol. The van der Waals surface area contributed by atoms with Crippen molar-refractivity contribution >= 4 is 17.4 Å². The molecule has 1 aromatic rings. The van der Waals surface area contributed by atoms with Gasteiger partial charge in [0.1, 0.15) is 0 Å². The SMILES string of the molecule is CCN(CC)c1nc(Cl)ncc1OC. The Kier molecular flexibility index (Phi) is 3.95. The van der Waals surface area contributed by atoms with Crippen molar-refractivity contribution < 1.29 is 4.74 Å². The molecule has 0 atom stereocenters. The number of ether oxygens (including phenoxy) is 1. The van der Waals surface area contributed by atoms with Crippen LogP contribution >= 0.6 is 11.6 Å². The van der Waals surface area contributed by atoms with Gasteiger partial charge in [0.05, 0.1) is 13.3 Å². The first-order valence-electron chi connectivity index (χ1n) is 4.54. The molecule has 1 heterocycles. The van der Waals surface area contributed by atoms with E-state index >= 15 is 0 Å². The van der Waals surface area contributed by atoms with Crippen molar-refractivity contribution in [2.75, 3.05) is 25.1 Å². The first kappa shape index (κ1) is 11.0. The van der Waals surface area contributed by atoms with Crippen LogP contribution in [0.4, 0.5) is 5.82 Å². The molecule has 0 aromatic carbocycles. The quantitative estimate of drug-likeness (QED) is 0.720. The lowest BCUT2D eigenvalue weighted by Gasteiger charge is -2.21. The molecule has 0 radical (unpaired) electrons. The van der Waals surface area contributed by atoms with Crippen LogP contribution < -0.4 is 9.64 Å². The van der Waals surface area contributed by atoms with Crippen molar-refractivity contribution in [2.24, 2.45) is 0 Å². The van der Waals surface area contributed by atoms with E-state index in [2.05, 4.69) is 28.7 Å². The molecule has 1 rings (SSSR count). The van der Waals surface area contributed by atoms with Gasteiger partial charge in [0.2, 0.25) is 5.28 Å². The average molecular weight is 216 g/mol. The van der Waals surface area contributed by atoms with Crippen LogP contribution in [0.1, 0.15) is 13.8 Å². The molecule has 0 aliphatic carbocycles. The maximum atomic E-state index is 5.73. The number of aromatic nitrogens is 2. The fourth-order valence-electron chi connectivity index (χ4n) is 1.23. The largest absolute Gasteiger partial charge is 0.491 e. The molecular formula is C9H14ClN3O. The molecule has 14 heavy (non-hydrogen) atoms. The first-order valence-corrected chi connectivity index (χ1v) is 4.92. The van der Waals surface area contributed by atoms with Crippen LogP contribution in [0, 0.1) is 0 Å². The van der Waals surface area contributed by atoms with Gasteiger partial charge in [-0.3, -0.25) is 0 Å². The smallest absolute Gasteiger partial charge is 0.224 e. The summed E-state index contributed by atoms with van der Waals surface area (Å²) in [5.41, 5.74) is 0. The van der Waals surface area contributed by atoms with Crippen molar-refractivity contribution in [3.63, 3.8) is 0 Å². The number of hydrogen-bond donors (Lipinski definition) is 0. The second kappa shape index (κ2) is 5.00. The maximum Gasteiger partial charge on any atom is 0.224 e. The predicted octanol–water partition coefficient (Wildman–Crippen LogP) is 1.98. The fourth-order valence-corrected chi connectivity index (χ4v) is 1.36. The van der Waals surface area contributed by atoms with Crippen molar-refractivity contribution in [1.29, 1.82) is 0 Å². The third-order valence-corrected chi connectivity index (χ3v) is 2.17. The van der Waals surface area contributed by atoms with Gasteiger partial charge in [0.15, 0.2) is 11.6 Å². The molecule has 0 unspecified atom stereocenters. The van der Waals surface area contributed by atoms with Gasteiger partial charge < -0.3 is 9.64 Å². The molecule has 0 spiro atoms. The van der Waals surface area contributed by atoms with Gasteiger partial charge in [-0.05, 0) is 25.4 Å². The molecule has 0 aliphatic heterocycles. The second-order valence-corrected chi connectivity index (χ2v) is 3.04. The molecule has 0 bridgehead atoms. The Bertz CT molecular complexity index is 302. The number of methoxy groups -OCH3 is 1. The Morgan fingerprint density at radius 2 is 2.07 bits per heavy atom. The van der Waals surface area contributed by atoms with Crippen LogP contribution in [-0.4, -0.2) is 30.2 Å². The van der Waals surface area contributed by atoms with E-state index in [0.29, 0.717) is 5.75 Å². The Hall–Kier alpha value is -1.03. The van der Waals surface area contributed by atoms with E-state index in [4.69, 9.17) is 16.3 Å². The fraction of sp³-hybridized carbons (Fsp3) is 0.556. The van der Waals surface area contributed by atoms with E-state index in [1.165, 1.54) is 0 Å². The summed E-state index contributed by atoms with van der Waals surface area (Å²) in [6.07, 6.45) is 1.59. The van der Waals surface area contributed by atoms with Crippen molar-refractivity contribution in [1.82, 2.24) is 9.97 Å². The predicted molar refractivity (Wildman–Crippen MR) is 57.2 cm³/mol. The molecule has 0 saturated heterocycles. The number of anilines is 1. The minimum absolute atomic E-state index is 0.243. The normalized spacial score (nSPS) is 10.0. The van der Waals surface area contributed by atoms with Crippen molar-refractivity contribution in [3.05, 3.63) is 11.5 Å². The Balaban J connectivity index is 3.08. The third-order valence-electron chi connectivity index (χ3n) is 1.99. The summed E-state index contributed by atoms with van der Waals surface area (Å²) >= 11 is 5.73. The summed E-state index contributed by atoms with van der Waals surface area (Å²) in [5, 5.41) is 0.243. The summed E-state index contributed by atoms with van der Waals surface area (Å²) in [5.74, 6) is 1.40. The Morgan fingerprint density at radius 1 is 1.43 bits per heavy atom. The van der Waals surface area contributed by atoms with Gasteiger partial charge in [0, 0.05) is 13.1 Å². The molecule has 0 aliphatic rings. The van der Waals surface area contributed by atoms with Crippen LogP contribution in [0.2, 0.25) is 5.28 Å². The highest BCUT2D eigenvalue weighted by molar-refractivity contribution is 6.28. The lowest BCUT2D eigenvalue weighted by atomic mass is 10.4. The van der Waals surface area contributed by atoms with Crippen molar-refractivity contribution in [2.45, 2.75) is 13.8 Å². The molecule has 5 heteroatoms. The van der Waals surface area contributed by atoms with Gasteiger partial charge >= 0.3 is 0 Å². The number of nitrogens with zero attached hydrogens (tertiary/aromatic N) is 3. The van der Waals surface area contributed by atoms with Crippen LogP contribution in [0.15, 0.2) is 6.20 Å². The maximum absolute atomic E-state index is 5.73. The van der Waals surface area contributed by atoms with Gasteiger partial charge in [-0.1, -0.05) is 0 Å². The van der Waals surface area contributed by atoms with Gasteiger partial charge in [-0.15, -0.1) is 0 Å². The van der Waals surface area contributed by atoms with Crippen LogP contribution in [-0.2, 0) is 0 Å². The third kappa shape index (κ3) is 2.26. The van der Waals surface area contributed by atoms with E-state index in [-0.39, 0.29) is 5.28 Å². The highest BCUT2D eigenvalue weighted by atomic mass is 35.5. The van der Waals surface area contributed by atoms with Gasteiger partial charge in [-0.2, -0.15) is 4.98 Å². The summed E-state index contributed by atoms with van der Waals surface area (Å²) in [7, 11) is 1.60. The lowest BCUT2D eigenvalue weighted by molar-refractivity contribution is 0.410. The van der Waals surface area contributed by atoms with Crippen molar-refractivity contribution in [3.8, 4) is 5.75 Å². The summed E-state index contributed by atoms with van der Waals surface area (Å²) in [6.45, 7) is 5.83. The minimum Gasteiger partial charge on any atom is -0.491 e. The molecule has 4 nitrogen and oxygen atoms in total. The summed E-state index contributed by atoms with van der Waals surface area (Å²) < 4.78 is 5.16. The molecule has 0 N–H and O–H groups in total. The molecule has 1 aromatic heterocycles. The minimum atomic E-state index is 0.243. The average Bonchev–Trinajstić information content (AvgIpc) is 2.20. The van der Waals surface area contributed by atoms with E-state index in [9.17, 15) is 0 Å². The molecule has 0 saturated carbocycles. The lowest BCUT2D eigenvalue weighted by Crippen LogP contribution is -2.23. The molecule has 78 valence electrons. The zero-order chi connectivity index (χ0) is 10.6. The van der Waals surface area contributed by atoms with E-state index in [1.807, 2.05) is 0 Å². The number of hydrogen-bond acceptors (Lipinski definition) is 4. The highest BCUT2D eigenvalue weighted by Crippen LogP contribution is 2.25. The van der Waals surface area contributed by atoms with Crippen LogP contribution in [0.5, 0.6) is 5.75 Å². The van der Waals surface area contributed by atoms with E-state index in [1.54, 1.807) is 13.3 Å². The summed E-state index contributed by atoms with van der Waals surface area (Å²) in [4.78, 5) is 10.1. The molecule has 0 fully saturated rings.